The summed E-state index contributed by atoms with van der Waals surface area (Å²) >= 11 is 2.90. The SMILES string of the molecule is NC(=O)Oc1ccc(C(=O)CBr)c(F)n1. The molecule has 0 radical (unpaired) electrons. The van der Waals surface area contributed by atoms with Gasteiger partial charge in [-0.2, -0.15) is 9.37 Å². The third-order valence-corrected chi connectivity index (χ3v) is 1.96. The summed E-state index contributed by atoms with van der Waals surface area (Å²) in [6, 6.07) is 2.36. The molecule has 0 aromatic carbocycles. The lowest BCUT2D eigenvalue weighted by Crippen LogP contribution is -2.17. The zero-order chi connectivity index (χ0) is 11.4. The van der Waals surface area contributed by atoms with Gasteiger partial charge in [0, 0.05) is 6.07 Å². The van der Waals surface area contributed by atoms with E-state index in [2.05, 4.69) is 25.7 Å². The van der Waals surface area contributed by atoms with Crippen molar-refractivity contribution in [3.8, 4) is 5.88 Å². The average molecular weight is 277 g/mol. The summed E-state index contributed by atoms with van der Waals surface area (Å²) in [7, 11) is 0. The fraction of sp³-hybridized carbons (Fsp3) is 0.125. The van der Waals surface area contributed by atoms with Crippen molar-refractivity contribution in [1.82, 2.24) is 4.98 Å². The predicted molar refractivity (Wildman–Crippen MR) is 52.5 cm³/mol. The summed E-state index contributed by atoms with van der Waals surface area (Å²) in [5, 5.41) is -0.0123. The monoisotopic (exact) mass is 276 g/mol. The van der Waals surface area contributed by atoms with E-state index in [1.165, 1.54) is 12.1 Å². The molecule has 1 aromatic heterocycles. The van der Waals surface area contributed by atoms with Crippen LogP contribution in [0.1, 0.15) is 10.4 Å². The van der Waals surface area contributed by atoms with Crippen LogP contribution in [-0.2, 0) is 0 Å². The van der Waals surface area contributed by atoms with E-state index in [1.807, 2.05) is 0 Å². The lowest BCUT2D eigenvalue weighted by Gasteiger charge is -2.02. The van der Waals surface area contributed by atoms with Gasteiger partial charge >= 0.3 is 6.09 Å². The van der Waals surface area contributed by atoms with Gasteiger partial charge < -0.3 is 10.5 Å². The zero-order valence-corrected chi connectivity index (χ0v) is 8.95. The quantitative estimate of drug-likeness (QED) is 0.512. The third kappa shape index (κ3) is 2.98. The van der Waals surface area contributed by atoms with E-state index in [0.29, 0.717) is 0 Å². The van der Waals surface area contributed by atoms with Crippen LogP contribution in [0.4, 0.5) is 9.18 Å². The van der Waals surface area contributed by atoms with Gasteiger partial charge in [0.2, 0.25) is 11.8 Å². The molecule has 0 spiro atoms. The highest BCUT2D eigenvalue weighted by Gasteiger charge is 2.13. The van der Waals surface area contributed by atoms with Crippen LogP contribution >= 0.6 is 15.9 Å². The molecule has 0 aliphatic carbocycles. The van der Waals surface area contributed by atoms with Crippen molar-refractivity contribution in [2.24, 2.45) is 5.73 Å². The Labute approximate surface area is 92.6 Å². The maximum Gasteiger partial charge on any atom is 0.411 e. The molecule has 7 heteroatoms. The molecule has 0 atom stereocenters. The summed E-state index contributed by atoms with van der Waals surface area (Å²) in [6.07, 6.45) is -1.10. The van der Waals surface area contributed by atoms with Crippen LogP contribution in [0, 0.1) is 5.95 Å². The van der Waals surface area contributed by atoms with Gasteiger partial charge in [-0.05, 0) is 6.07 Å². The van der Waals surface area contributed by atoms with Crippen molar-refractivity contribution in [3.05, 3.63) is 23.6 Å². The number of primary amides is 1. The molecule has 1 aromatic rings. The number of carbonyl (C=O) groups is 2. The van der Waals surface area contributed by atoms with Crippen LogP contribution in [0.2, 0.25) is 0 Å². The lowest BCUT2D eigenvalue weighted by atomic mass is 10.2. The molecule has 5 nitrogen and oxygen atoms in total. The van der Waals surface area contributed by atoms with E-state index < -0.39 is 17.8 Å². The number of alkyl halides is 1. The van der Waals surface area contributed by atoms with Crippen molar-refractivity contribution in [2.45, 2.75) is 0 Å². The fourth-order valence-electron chi connectivity index (χ4n) is 0.858. The molecule has 0 saturated heterocycles. The molecule has 15 heavy (non-hydrogen) atoms. The molecule has 1 amide bonds. The molecule has 0 fully saturated rings. The van der Waals surface area contributed by atoms with Gasteiger partial charge in [0.25, 0.3) is 0 Å². The number of amides is 1. The van der Waals surface area contributed by atoms with Gasteiger partial charge in [0.1, 0.15) is 0 Å². The Morgan fingerprint density at radius 3 is 2.67 bits per heavy atom. The molecular formula is C8H6BrFN2O3. The van der Waals surface area contributed by atoms with Gasteiger partial charge in [-0.25, -0.2) is 4.79 Å². The third-order valence-electron chi connectivity index (χ3n) is 1.45. The van der Waals surface area contributed by atoms with Crippen molar-refractivity contribution >= 4 is 27.8 Å². The second-order valence-electron chi connectivity index (χ2n) is 2.47. The second kappa shape index (κ2) is 4.83. The topological polar surface area (TPSA) is 82.3 Å². The molecule has 80 valence electrons. The second-order valence-corrected chi connectivity index (χ2v) is 3.03. The van der Waals surface area contributed by atoms with Gasteiger partial charge in [-0.15, -0.1) is 0 Å². The van der Waals surface area contributed by atoms with Gasteiger partial charge in [-0.3, -0.25) is 4.79 Å². The predicted octanol–water partition coefficient (Wildman–Crippen LogP) is 1.26. The largest absolute Gasteiger partial charge is 0.411 e. The van der Waals surface area contributed by atoms with Gasteiger partial charge in [0.05, 0.1) is 10.9 Å². The van der Waals surface area contributed by atoms with E-state index in [9.17, 15) is 14.0 Å². The molecule has 0 aliphatic rings. The number of ketones is 1. The first kappa shape index (κ1) is 11.6. The summed E-state index contributed by atoms with van der Waals surface area (Å²) < 4.78 is 17.5. The minimum atomic E-state index is -1.10. The molecule has 0 saturated carbocycles. The highest BCUT2D eigenvalue weighted by molar-refractivity contribution is 9.09. The number of hydrogen-bond donors (Lipinski definition) is 1. The number of pyridine rings is 1. The molecule has 1 heterocycles. The number of ether oxygens (including phenoxy) is 1. The van der Waals surface area contributed by atoms with Gasteiger partial charge in [0.15, 0.2) is 5.78 Å². The maximum absolute atomic E-state index is 13.2. The highest BCUT2D eigenvalue weighted by Crippen LogP contribution is 2.13. The Kier molecular flexibility index (Phi) is 3.73. The molecule has 2 N–H and O–H groups in total. The normalized spacial score (nSPS) is 9.73. The lowest BCUT2D eigenvalue weighted by molar-refractivity contribution is 0.101. The maximum atomic E-state index is 13.2. The minimum Gasteiger partial charge on any atom is -0.391 e. The van der Waals surface area contributed by atoms with E-state index in [-0.39, 0.29) is 16.8 Å². The molecule has 0 bridgehead atoms. The Hall–Kier alpha value is -1.50. The highest BCUT2D eigenvalue weighted by atomic mass is 79.9. The summed E-state index contributed by atoms with van der Waals surface area (Å²) in [5.41, 5.74) is 4.52. The van der Waals surface area contributed by atoms with Crippen molar-refractivity contribution < 1.29 is 18.7 Å². The number of nitrogens with zero attached hydrogens (tertiary/aromatic N) is 1. The zero-order valence-electron chi connectivity index (χ0n) is 7.37. The molecule has 0 aliphatic heterocycles. The van der Waals surface area contributed by atoms with E-state index in [0.717, 1.165) is 0 Å². The Balaban J connectivity index is 2.97. The van der Waals surface area contributed by atoms with Crippen LogP contribution in [0.15, 0.2) is 12.1 Å². The number of carbonyl (C=O) groups excluding carboxylic acids is 2. The summed E-state index contributed by atoms with van der Waals surface area (Å²) in [5.74, 6) is -1.74. The number of nitrogens with two attached hydrogens (primary N) is 1. The standard InChI is InChI=1S/C8H6BrFN2O3/c9-3-5(13)4-1-2-6(12-7(4)10)15-8(11)14/h1-2H,3H2,(H2,11,14). The van der Waals surface area contributed by atoms with Crippen LogP contribution in [0.25, 0.3) is 0 Å². The first-order valence-corrected chi connectivity index (χ1v) is 4.89. The van der Waals surface area contributed by atoms with Crippen LogP contribution in [0.3, 0.4) is 0 Å². The number of aromatic nitrogens is 1. The number of halogens is 2. The number of Topliss-reactive ketones (excluding diaryl/α,β-unsaturated/α-hetero) is 1. The first-order valence-electron chi connectivity index (χ1n) is 3.77. The smallest absolute Gasteiger partial charge is 0.391 e. The van der Waals surface area contributed by atoms with Crippen LogP contribution in [-0.4, -0.2) is 22.2 Å². The summed E-state index contributed by atoms with van der Waals surface area (Å²) in [6.45, 7) is 0. The number of hydrogen-bond acceptors (Lipinski definition) is 4. The Morgan fingerprint density at radius 2 is 2.20 bits per heavy atom. The average Bonchev–Trinajstić information content (AvgIpc) is 2.16. The van der Waals surface area contributed by atoms with E-state index >= 15 is 0 Å². The fourth-order valence-corrected chi connectivity index (χ4v) is 1.16. The first-order chi connectivity index (χ1) is 7.04. The van der Waals surface area contributed by atoms with Crippen molar-refractivity contribution in [2.75, 3.05) is 5.33 Å². The van der Waals surface area contributed by atoms with Crippen LogP contribution < -0.4 is 10.5 Å². The minimum absolute atomic E-state index is 0.0123. The summed E-state index contributed by atoms with van der Waals surface area (Å²) in [4.78, 5) is 24.7. The van der Waals surface area contributed by atoms with Gasteiger partial charge in [-0.1, -0.05) is 15.9 Å². The van der Waals surface area contributed by atoms with Crippen molar-refractivity contribution in [3.63, 3.8) is 0 Å². The van der Waals surface area contributed by atoms with E-state index in [4.69, 9.17) is 5.73 Å². The molecule has 0 unspecified atom stereocenters. The van der Waals surface area contributed by atoms with Crippen LogP contribution in [0.5, 0.6) is 5.88 Å². The van der Waals surface area contributed by atoms with Crippen molar-refractivity contribution in [1.29, 1.82) is 0 Å². The molecular weight excluding hydrogens is 271 g/mol. The Morgan fingerprint density at radius 1 is 1.53 bits per heavy atom. The Bertz CT molecular complexity index is 411. The van der Waals surface area contributed by atoms with E-state index in [1.54, 1.807) is 0 Å². The number of rotatable bonds is 3. The molecule has 1 rings (SSSR count).